The Morgan fingerprint density at radius 2 is 2.00 bits per heavy atom. The second-order valence-corrected chi connectivity index (χ2v) is 5.40. The minimum absolute atomic E-state index is 0.178. The van der Waals surface area contributed by atoms with Gasteiger partial charge in [0.05, 0.1) is 4.92 Å². The standard InChI is InChI=1S/C15H15BrN2O2/c1-11-6-7-13(16)14(10-11)17-9-8-12-4-2-3-5-15(12)18(19)20/h2-7,10,17H,8-9H2,1H3. The molecule has 0 aliphatic carbocycles. The molecular weight excluding hydrogens is 320 g/mol. The van der Waals surface area contributed by atoms with Gasteiger partial charge in [-0.2, -0.15) is 0 Å². The summed E-state index contributed by atoms with van der Waals surface area (Å²) in [5.41, 5.74) is 3.09. The molecule has 0 aromatic heterocycles. The summed E-state index contributed by atoms with van der Waals surface area (Å²) in [5, 5.41) is 14.2. The average molecular weight is 335 g/mol. The predicted octanol–water partition coefficient (Wildman–Crippen LogP) is 4.32. The molecule has 0 aliphatic rings. The lowest BCUT2D eigenvalue weighted by Crippen LogP contribution is -2.07. The number of nitrogens with zero attached hydrogens (tertiary/aromatic N) is 1. The Balaban J connectivity index is 2.03. The maximum absolute atomic E-state index is 10.9. The largest absolute Gasteiger partial charge is 0.384 e. The Kier molecular flexibility index (Phi) is 4.74. The highest BCUT2D eigenvalue weighted by molar-refractivity contribution is 9.10. The van der Waals surface area contributed by atoms with Crippen LogP contribution in [0, 0.1) is 17.0 Å². The summed E-state index contributed by atoms with van der Waals surface area (Å²) < 4.78 is 0.991. The molecule has 0 saturated heterocycles. The van der Waals surface area contributed by atoms with Crippen molar-refractivity contribution in [3.8, 4) is 0 Å². The monoisotopic (exact) mass is 334 g/mol. The zero-order chi connectivity index (χ0) is 14.5. The summed E-state index contributed by atoms with van der Waals surface area (Å²) in [6.45, 7) is 2.67. The van der Waals surface area contributed by atoms with E-state index in [2.05, 4.69) is 21.2 Å². The van der Waals surface area contributed by atoms with Gasteiger partial charge < -0.3 is 5.32 Å². The third kappa shape index (κ3) is 3.57. The molecule has 0 aliphatic heterocycles. The van der Waals surface area contributed by atoms with Gasteiger partial charge in [-0.05, 0) is 47.0 Å². The van der Waals surface area contributed by atoms with Gasteiger partial charge in [-0.1, -0.05) is 24.3 Å². The summed E-state index contributed by atoms with van der Waals surface area (Å²) in [6.07, 6.45) is 0.609. The average Bonchev–Trinajstić information content (AvgIpc) is 2.43. The first-order chi connectivity index (χ1) is 9.58. The molecule has 0 radical (unpaired) electrons. The molecule has 2 aromatic rings. The molecule has 0 saturated carbocycles. The van der Waals surface area contributed by atoms with E-state index in [0.29, 0.717) is 13.0 Å². The van der Waals surface area contributed by atoms with Crippen molar-refractivity contribution in [2.24, 2.45) is 0 Å². The Labute approximate surface area is 126 Å². The van der Waals surface area contributed by atoms with Gasteiger partial charge in [0.25, 0.3) is 5.69 Å². The van der Waals surface area contributed by atoms with Gasteiger partial charge in [0.2, 0.25) is 0 Å². The highest BCUT2D eigenvalue weighted by atomic mass is 79.9. The summed E-state index contributed by atoms with van der Waals surface area (Å²) in [5.74, 6) is 0. The molecule has 1 N–H and O–H groups in total. The Hall–Kier alpha value is -1.88. The molecule has 0 bridgehead atoms. The molecule has 0 heterocycles. The predicted molar refractivity (Wildman–Crippen MR) is 84.2 cm³/mol. The van der Waals surface area contributed by atoms with Crippen LogP contribution in [0.15, 0.2) is 46.9 Å². The first kappa shape index (κ1) is 14.5. The molecule has 2 aromatic carbocycles. The van der Waals surface area contributed by atoms with Crippen molar-refractivity contribution in [2.75, 3.05) is 11.9 Å². The maximum atomic E-state index is 10.9. The number of nitro groups is 1. The number of halogens is 1. The second-order valence-electron chi connectivity index (χ2n) is 4.55. The Morgan fingerprint density at radius 1 is 1.25 bits per heavy atom. The van der Waals surface area contributed by atoms with Gasteiger partial charge in [-0.3, -0.25) is 10.1 Å². The fourth-order valence-electron chi connectivity index (χ4n) is 2.01. The molecule has 0 amide bonds. The summed E-state index contributed by atoms with van der Waals surface area (Å²) in [7, 11) is 0. The van der Waals surface area contributed by atoms with Crippen LogP contribution in [0.25, 0.3) is 0 Å². The lowest BCUT2D eigenvalue weighted by atomic mass is 10.1. The van der Waals surface area contributed by atoms with Crippen LogP contribution < -0.4 is 5.32 Å². The van der Waals surface area contributed by atoms with Crippen molar-refractivity contribution < 1.29 is 4.92 Å². The van der Waals surface area contributed by atoms with Crippen molar-refractivity contribution in [2.45, 2.75) is 13.3 Å². The zero-order valence-electron chi connectivity index (χ0n) is 11.1. The van der Waals surface area contributed by atoms with Crippen molar-refractivity contribution in [3.05, 3.63) is 68.2 Å². The number of nitro benzene ring substituents is 1. The topological polar surface area (TPSA) is 55.2 Å². The quantitative estimate of drug-likeness (QED) is 0.654. The highest BCUT2D eigenvalue weighted by Gasteiger charge is 2.11. The van der Waals surface area contributed by atoms with E-state index in [0.717, 1.165) is 15.7 Å². The summed E-state index contributed by atoms with van der Waals surface area (Å²) in [6, 6.07) is 12.9. The van der Waals surface area contributed by atoms with E-state index in [1.807, 2.05) is 31.2 Å². The zero-order valence-corrected chi connectivity index (χ0v) is 12.7. The maximum Gasteiger partial charge on any atom is 0.272 e. The van der Waals surface area contributed by atoms with Crippen LogP contribution in [0.5, 0.6) is 0 Å². The van der Waals surface area contributed by atoms with Crippen molar-refractivity contribution in [1.29, 1.82) is 0 Å². The van der Waals surface area contributed by atoms with Crippen LogP contribution in [0.4, 0.5) is 11.4 Å². The normalized spacial score (nSPS) is 10.3. The number of hydrogen-bond acceptors (Lipinski definition) is 3. The van der Waals surface area contributed by atoms with Gasteiger partial charge in [-0.25, -0.2) is 0 Å². The first-order valence-corrected chi connectivity index (χ1v) is 7.09. The van der Waals surface area contributed by atoms with Crippen LogP contribution in [0.1, 0.15) is 11.1 Å². The van der Waals surface area contributed by atoms with Crippen LogP contribution in [-0.2, 0) is 6.42 Å². The molecule has 2 rings (SSSR count). The minimum atomic E-state index is -0.335. The Morgan fingerprint density at radius 3 is 2.75 bits per heavy atom. The van der Waals surface area contributed by atoms with Gasteiger partial charge >= 0.3 is 0 Å². The van der Waals surface area contributed by atoms with E-state index in [9.17, 15) is 10.1 Å². The number of hydrogen-bond donors (Lipinski definition) is 1. The van der Waals surface area contributed by atoms with Crippen LogP contribution in [-0.4, -0.2) is 11.5 Å². The van der Waals surface area contributed by atoms with Crippen molar-refractivity contribution >= 4 is 27.3 Å². The molecule has 0 unspecified atom stereocenters. The van der Waals surface area contributed by atoms with E-state index in [-0.39, 0.29) is 10.6 Å². The summed E-state index contributed by atoms with van der Waals surface area (Å²) >= 11 is 3.48. The molecule has 20 heavy (non-hydrogen) atoms. The first-order valence-electron chi connectivity index (χ1n) is 6.30. The molecule has 0 spiro atoms. The summed E-state index contributed by atoms with van der Waals surface area (Å²) in [4.78, 5) is 10.6. The van der Waals surface area contributed by atoms with Crippen LogP contribution in [0.3, 0.4) is 0 Å². The highest BCUT2D eigenvalue weighted by Crippen LogP contribution is 2.24. The minimum Gasteiger partial charge on any atom is -0.384 e. The fraction of sp³-hybridized carbons (Fsp3) is 0.200. The lowest BCUT2D eigenvalue weighted by Gasteiger charge is -2.09. The SMILES string of the molecule is Cc1ccc(Br)c(NCCc2ccccc2[N+](=O)[O-])c1. The number of rotatable bonds is 5. The third-order valence-corrected chi connectivity index (χ3v) is 3.71. The number of para-hydroxylation sites is 1. The molecule has 0 fully saturated rings. The smallest absolute Gasteiger partial charge is 0.272 e. The second kappa shape index (κ2) is 6.52. The van der Waals surface area contributed by atoms with E-state index in [1.165, 1.54) is 11.6 Å². The molecule has 4 nitrogen and oxygen atoms in total. The van der Waals surface area contributed by atoms with E-state index >= 15 is 0 Å². The lowest BCUT2D eigenvalue weighted by molar-refractivity contribution is -0.385. The van der Waals surface area contributed by atoms with E-state index < -0.39 is 0 Å². The molecule has 104 valence electrons. The fourth-order valence-corrected chi connectivity index (χ4v) is 2.39. The molecule has 5 heteroatoms. The van der Waals surface area contributed by atoms with Gasteiger partial charge in [0.15, 0.2) is 0 Å². The van der Waals surface area contributed by atoms with E-state index in [1.54, 1.807) is 12.1 Å². The van der Waals surface area contributed by atoms with Crippen molar-refractivity contribution in [3.63, 3.8) is 0 Å². The van der Waals surface area contributed by atoms with Gasteiger partial charge in [-0.15, -0.1) is 0 Å². The number of nitrogens with one attached hydrogen (secondary N) is 1. The van der Waals surface area contributed by atoms with Gasteiger partial charge in [0, 0.05) is 28.3 Å². The molecule has 0 atom stereocenters. The third-order valence-electron chi connectivity index (χ3n) is 3.02. The number of aryl methyl sites for hydroxylation is 1. The van der Waals surface area contributed by atoms with Gasteiger partial charge in [0.1, 0.15) is 0 Å². The number of benzene rings is 2. The van der Waals surface area contributed by atoms with Crippen molar-refractivity contribution in [1.82, 2.24) is 0 Å². The molecular formula is C15H15BrN2O2. The van der Waals surface area contributed by atoms with Crippen LogP contribution >= 0.6 is 15.9 Å². The number of anilines is 1. The Bertz CT molecular complexity index is 629. The van der Waals surface area contributed by atoms with E-state index in [4.69, 9.17) is 0 Å². The van der Waals surface area contributed by atoms with Crippen LogP contribution in [0.2, 0.25) is 0 Å².